The molecule has 0 saturated carbocycles. The number of methoxy groups -OCH3 is 1. The van der Waals surface area contributed by atoms with Crippen LogP contribution >= 0.6 is 15.9 Å². The van der Waals surface area contributed by atoms with Crippen LogP contribution in [-0.4, -0.2) is 44.9 Å². The minimum atomic E-state index is -5.08. The standard InChI is InChI=1S/C25H18BrN3O3.C2HF3O2/c1-32-25(31)23-22(15-7-3-2-4-8-15)18-13-16(26)11-12-17(18)24(30)29(23)14-21-27-19-9-5-6-10-20(19)28-21;3-2(4,5)1(6)7/h2-13H,14H2,1H3,(H,27,28);(H,6,7). The number of aromatic amines is 1. The Morgan fingerprint density at radius 1 is 1.03 bits per heavy atom. The Bertz CT molecular complexity index is 1710. The lowest BCUT2D eigenvalue weighted by atomic mass is 9.96. The topological polar surface area (TPSA) is 114 Å². The SMILES string of the molecule is COC(=O)c1c(-c2ccccc2)c2cc(Br)ccc2c(=O)n1Cc1nc2ccccc2[nH]1.O=C(O)C(F)(F)F. The fraction of sp³-hybridized carbons (Fsp3) is 0.111. The van der Waals surface area contributed by atoms with Gasteiger partial charge in [0, 0.05) is 15.4 Å². The Morgan fingerprint density at radius 3 is 2.28 bits per heavy atom. The predicted molar refractivity (Wildman–Crippen MR) is 142 cm³/mol. The molecule has 0 unspecified atom stereocenters. The number of nitrogens with one attached hydrogen (secondary N) is 1. The van der Waals surface area contributed by atoms with Crippen LogP contribution in [0.25, 0.3) is 32.9 Å². The Kier molecular flexibility index (Phi) is 7.86. The number of carbonyl (C=O) groups is 2. The van der Waals surface area contributed by atoms with Gasteiger partial charge in [0.2, 0.25) is 0 Å². The molecule has 0 spiro atoms. The van der Waals surface area contributed by atoms with Crippen LogP contribution in [0.2, 0.25) is 0 Å². The second-order valence-electron chi connectivity index (χ2n) is 8.17. The molecule has 0 radical (unpaired) electrons. The van der Waals surface area contributed by atoms with Crippen molar-refractivity contribution in [3.63, 3.8) is 0 Å². The summed E-state index contributed by atoms with van der Waals surface area (Å²) in [5.41, 5.74) is 3.02. The molecule has 12 heteroatoms. The van der Waals surface area contributed by atoms with Gasteiger partial charge in [-0.25, -0.2) is 14.6 Å². The Labute approximate surface area is 226 Å². The summed E-state index contributed by atoms with van der Waals surface area (Å²) in [6.45, 7) is 0.101. The number of carboxylic acids is 1. The highest BCUT2D eigenvalue weighted by atomic mass is 79.9. The van der Waals surface area contributed by atoms with Gasteiger partial charge in [-0.3, -0.25) is 9.36 Å². The van der Waals surface area contributed by atoms with Gasteiger partial charge in [-0.2, -0.15) is 13.2 Å². The average molecular weight is 602 g/mol. The van der Waals surface area contributed by atoms with Crippen molar-refractivity contribution in [2.45, 2.75) is 12.7 Å². The number of rotatable bonds is 4. The number of aliphatic carboxylic acids is 1. The number of pyridine rings is 1. The quantitative estimate of drug-likeness (QED) is 0.253. The molecule has 8 nitrogen and oxygen atoms in total. The molecule has 2 N–H and O–H groups in total. The third-order valence-electron chi connectivity index (χ3n) is 5.66. The summed E-state index contributed by atoms with van der Waals surface area (Å²) in [6.07, 6.45) is -5.08. The summed E-state index contributed by atoms with van der Waals surface area (Å²) in [6, 6.07) is 22.6. The van der Waals surface area contributed by atoms with E-state index in [9.17, 15) is 22.8 Å². The summed E-state index contributed by atoms with van der Waals surface area (Å²) in [5.74, 6) is -2.76. The first-order valence-electron chi connectivity index (χ1n) is 11.2. The number of halogens is 4. The lowest BCUT2D eigenvalue weighted by Crippen LogP contribution is -2.29. The van der Waals surface area contributed by atoms with Crippen molar-refractivity contribution >= 4 is 49.7 Å². The maximum atomic E-state index is 13.6. The van der Waals surface area contributed by atoms with Gasteiger partial charge in [-0.1, -0.05) is 58.4 Å². The number of fused-ring (bicyclic) bond motifs is 2. The van der Waals surface area contributed by atoms with Crippen LogP contribution < -0.4 is 5.56 Å². The number of para-hydroxylation sites is 2. The number of carboxylic acid groups (broad SMARTS) is 1. The number of alkyl halides is 3. The molecule has 0 atom stereocenters. The highest BCUT2D eigenvalue weighted by Crippen LogP contribution is 2.33. The van der Waals surface area contributed by atoms with E-state index in [-0.39, 0.29) is 17.8 Å². The highest BCUT2D eigenvalue weighted by molar-refractivity contribution is 9.10. The molecular weight excluding hydrogens is 583 g/mol. The maximum absolute atomic E-state index is 13.6. The van der Waals surface area contributed by atoms with Crippen molar-refractivity contribution in [2.24, 2.45) is 0 Å². The van der Waals surface area contributed by atoms with Crippen LogP contribution in [0, 0.1) is 0 Å². The number of nitrogens with zero attached hydrogens (tertiary/aromatic N) is 2. The molecule has 2 heterocycles. The van der Waals surface area contributed by atoms with E-state index in [1.807, 2.05) is 66.7 Å². The zero-order valence-corrected chi connectivity index (χ0v) is 21.7. The van der Waals surface area contributed by atoms with E-state index >= 15 is 0 Å². The van der Waals surface area contributed by atoms with Gasteiger partial charge in [0.1, 0.15) is 11.5 Å². The molecule has 5 aromatic rings. The Hall–Kier alpha value is -4.45. The highest BCUT2D eigenvalue weighted by Gasteiger charge is 2.38. The van der Waals surface area contributed by atoms with Crippen LogP contribution in [0.15, 0.2) is 82.1 Å². The lowest BCUT2D eigenvalue weighted by Gasteiger charge is -2.18. The minimum Gasteiger partial charge on any atom is -0.475 e. The maximum Gasteiger partial charge on any atom is 0.490 e. The summed E-state index contributed by atoms with van der Waals surface area (Å²) in [4.78, 5) is 43.4. The fourth-order valence-corrected chi connectivity index (χ4v) is 4.37. The molecule has 0 saturated heterocycles. The van der Waals surface area contributed by atoms with Crippen LogP contribution in [0.3, 0.4) is 0 Å². The Balaban J connectivity index is 0.000000448. The van der Waals surface area contributed by atoms with Crippen molar-refractivity contribution in [3.8, 4) is 11.1 Å². The molecule has 2 aromatic heterocycles. The number of imidazole rings is 1. The number of carbonyl (C=O) groups excluding carboxylic acids is 1. The third-order valence-corrected chi connectivity index (χ3v) is 6.16. The molecular formula is C27H19BrF3N3O5. The van der Waals surface area contributed by atoms with Crippen molar-refractivity contribution in [2.75, 3.05) is 7.11 Å². The lowest BCUT2D eigenvalue weighted by molar-refractivity contribution is -0.192. The number of hydrogen-bond acceptors (Lipinski definition) is 5. The Morgan fingerprint density at radius 2 is 1.67 bits per heavy atom. The molecule has 0 amide bonds. The zero-order chi connectivity index (χ0) is 28.3. The van der Waals surface area contributed by atoms with E-state index in [0.29, 0.717) is 22.2 Å². The monoisotopic (exact) mass is 601 g/mol. The van der Waals surface area contributed by atoms with E-state index in [1.165, 1.54) is 11.7 Å². The first kappa shape index (κ1) is 27.6. The van der Waals surface area contributed by atoms with E-state index in [2.05, 4.69) is 25.9 Å². The van der Waals surface area contributed by atoms with Crippen LogP contribution in [0.1, 0.15) is 16.3 Å². The average Bonchev–Trinajstić information content (AvgIpc) is 3.32. The fourth-order valence-electron chi connectivity index (χ4n) is 4.01. The molecule has 0 aliphatic rings. The van der Waals surface area contributed by atoms with Crippen molar-refractivity contribution in [3.05, 3.63) is 99.1 Å². The van der Waals surface area contributed by atoms with Gasteiger partial charge in [-0.15, -0.1) is 0 Å². The first-order valence-corrected chi connectivity index (χ1v) is 12.0. The molecule has 0 aliphatic carbocycles. The number of esters is 1. The van der Waals surface area contributed by atoms with E-state index in [1.54, 1.807) is 6.07 Å². The van der Waals surface area contributed by atoms with Gasteiger partial charge >= 0.3 is 18.1 Å². The largest absolute Gasteiger partial charge is 0.490 e. The van der Waals surface area contributed by atoms with Crippen LogP contribution in [0.4, 0.5) is 13.2 Å². The number of ether oxygens (including phenoxy) is 1. The van der Waals surface area contributed by atoms with Gasteiger partial charge in [0.05, 0.1) is 24.7 Å². The van der Waals surface area contributed by atoms with Crippen molar-refractivity contribution in [1.82, 2.24) is 14.5 Å². The molecule has 39 heavy (non-hydrogen) atoms. The van der Waals surface area contributed by atoms with Gasteiger partial charge < -0.3 is 14.8 Å². The summed E-state index contributed by atoms with van der Waals surface area (Å²) >= 11 is 3.49. The molecule has 0 bridgehead atoms. The van der Waals surface area contributed by atoms with Gasteiger partial charge in [0.25, 0.3) is 5.56 Å². The molecule has 5 rings (SSSR count). The third kappa shape index (κ3) is 5.85. The first-order chi connectivity index (χ1) is 18.5. The smallest absolute Gasteiger partial charge is 0.475 e. The van der Waals surface area contributed by atoms with Crippen molar-refractivity contribution in [1.29, 1.82) is 0 Å². The summed E-state index contributed by atoms with van der Waals surface area (Å²) in [5, 5.41) is 8.31. The number of H-pyrrole nitrogens is 1. The van der Waals surface area contributed by atoms with Crippen LogP contribution in [0.5, 0.6) is 0 Å². The molecule has 200 valence electrons. The van der Waals surface area contributed by atoms with Crippen molar-refractivity contribution < 1.29 is 32.6 Å². The zero-order valence-electron chi connectivity index (χ0n) is 20.1. The summed E-state index contributed by atoms with van der Waals surface area (Å²) < 4.78 is 39.1. The minimum absolute atomic E-state index is 0.101. The van der Waals surface area contributed by atoms with E-state index in [4.69, 9.17) is 14.6 Å². The normalized spacial score (nSPS) is 11.2. The second kappa shape index (κ2) is 11.1. The molecule has 0 aliphatic heterocycles. The number of hydrogen-bond donors (Lipinski definition) is 2. The van der Waals surface area contributed by atoms with Gasteiger partial charge in [0.15, 0.2) is 0 Å². The molecule has 0 fully saturated rings. The number of aromatic nitrogens is 3. The van der Waals surface area contributed by atoms with Crippen LogP contribution in [-0.2, 0) is 16.1 Å². The molecule has 3 aromatic carbocycles. The second-order valence-corrected chi connectivity index (χ2v) is 9.08. The number of benzene rings is 3. The van der Waals surface area contributed by atoms with E-state index in [0.717, 1.165) is 21.1 Å². The predicted octanol–water partition coefficient (Wildman–Crippen LogP) is 5.78. The van der Waals surface area contributed by atoms with E-state index < -0.39 is 18.1 Å². The van der Waals surface area contributed by atoms with Gasteiger partial charge in [-0.05, 0) is 41.3 Å². The summed E-state index contributed by atoms with van der Waals surface area (Å²) in [7, 11) is 1.32.